The predicted octanol–water partition coefficient (Wildman–Crippen LogP) is 5.96. The summed E-state index contributed by atoms with van der Waals surface area (Å²) in [4.78, 5) is 24.9. The van der Waals surface area contributed by atoms with Crippen molar-refractivity contribution in [3.05, 3.63) is 35.5 Å². The third kappa shape index (κ3) is 6.98. The van der Waals surface area contributed by atoms with E-state index in [4.69, 9.17) is 19.1 Å². The minimum absolute atomic E-state index is 0.0407. The molecule has 1 aromatic heterocycles. The largest absolute Gasteiger partial charge is 0.490 e. The fourth-order valence-electron chi connectivity index (χ4n) is 4.33. The second-order valence-corrected chi connectivity index (χ2v) is 8.99. The van der Waals surface area contributed by atoms with Crippen LogP contribution >= 0.6 is 0 Å². The number of ether oxygens (including phenoxy) is 2. The number of carboxylic acids is 1. The van der Waals surface area contributed by atoms with Crippen LogP contribution in [0.1, 0.15) is 76.0 Å². The first-order chi connectivity index (χ1) is 16.4. The van der Waals surface area contributed by atoms with E-state index in [-0.39, 0.29) is 31.3 Å². The fraction of sp³-hybridized carbons (Fsp3) is 0.577. The number of carboxylic acid groups (broad SMARTS) is 1. The Morgan fingerprint density at radius 2 is 1.91 bits per heavy atom. The highest BCUT2D eigenvalue weighted by molar-refractivity contribution is 5.68. The Hall–Kier alpha value is -3.03. The number of benzene rings is 1. The molecule has 0 spiro atoms. The van der Waals surface area contributed by atoms with Crippen LogP contribution in [0.4, 0.5) is 4.79 Å². The van der Waals surface area contributed by atoms with Gasteiger partial charge in [0, 0.05) is 25.1 Å². The molecule has 1 saturated carbocycles. The van der Waals surface area contributed by atoms with Gasteiger partial charge in [0.15, 0.2) is 5.76 Å². The predicted molar refractivity (Wildman–Crippen MR) is 128 cm³/mol. The number of aliphatic carboxylic acids is 1. The normalized spacial score (nSPS) is 14.7. The fourth-order valence-corrected chi connectivity index (χ4v) is 4.33. The molecule has 0 radical (unpaired) electrons. The molecule has 0 bridgehead atoms. The molecule has 3 rings (SSSR count). The van der Waals surface area contributed by atoms with Crippen LogP contribution in [0.2, 0.25) is 0 Å². The van der Waals surface area contributed by atoms with Crippen LogP contribution in [0.25, 0.3) is 11.3 Å². The second kappa shape index (κ2) is 12.4. The highest BCUT2D eigenvalue weighted by atomic mass is 16.6. The van der Waals surface area contributed by atoms with E-state index in [1.807, 2.05) is 31.2 Å². The molecule has 0 aliphatic heterocycles. The minimum Gasteiger partial charge on any atom is -0.490 e. The van der Waals surface area contributed by atoms with Gasteiger partial charge in [-0.15, -0.1) is 0 Å². The number of carbonyl (C=O) groups is 2. The van der Waals surface area contributed by atoms with Crippen LogP contribution < -0.4 is 4.74 Å². The number of aryl methyl sites for hydroxylation is 1. The van der Waals surface area contributed by atoms with Gasteiger partial charge in [-0.2, -0.15) is 0 Å². The van der Waals surface area contributed by atoms with Crippen molar-refractivity contribution in [3.63, 3.8) is 0 Å². The van der Waals surface area contributed by atoms with E-state index < -0.39 is 5.97 Å². The summed E-state index contributed by atoms with van der Waals surface area (Å²) in [6.45, 7) is 4.00. The van der Waals surface area contributed by atoms with Crippen molar-refractivity contribution in [3.8, 4) is 17.1 Å². The molecule has 1 amide bonds. The van der Waals surface area contributed by atoms with Crippen LogP contribution in [-0.2, 0) is 16.1 Å². The van der Waals surface area contributed by atoms with E-state index in [1.54, 1.807) is 11.9 Å². The van der Waals surface area contributed by atoms with Crippen molar-refractivity contribution < 1.29 is 28.7 Å². The molecule has 2 aromatic rings. The Labute approximate surface area is 201 Å². The molecular weight excluding hydrogens is 436 g/mol. The Morgan fingerprint density at radius 1 is 1.21 bits per heavy atom. The lowest BCUT2D eigenvalue weighted by atomic mass is 10.1. The van der Waals surface area contributed by atoms with Crippen LogP contribution in [0, 0.1) is 6.92 Å². The number of carbonyl (C=O) groups excluding carboxylic acids is 1. The molecule has 0 unspecified atom stereocenters. The summed E-state index contributed by atoms with van der Waals surface area (Å²) in [5.74, 6) is 0.569. The van der Waals surface area contributed by atoms with E-state index in [2.05, 4.69) is 12.1 Å². The highest BCUT2D eigenvalue weighted by Gasteiger charge is 2.25. The quantitative estimate of drug-likeness (QED) is 0.380. The monoisotopic (exact) mass is 472 g/mol. The van der Waals surface area contributed by atoms with Gasteiger partial charge in [-0.05, 0) is 69.7 Å². The molecule has 1 aliphatic carbocycles. The number of rotatable bonds is 12. The summed E-state index contributed by atoms with van der Waals surface area (Å²) >= 11 is 0. The summed E-state index contributed by atoms with van der Waals surface area (Å²) in [6, 6.07) is 7.84. The summed E-state index contributed by atoms with van der Waals surface area (Å²) in [5, 5.41) is 12.9. The number of amides is 1. The topological polar surface area (TPSA) is 102 Å². The number of unbranched alkanes of at least 4 members (excludes halogenated alkanes) is 1. The van der Waals surface area contributed by atoms with Gasteiger partial charge in [0.2, 0.25) is 0 Å². The van der Waals surface area contributed by atoms with Gasteiger partial charge in [-0.25, -0.2) is 4.79 Å². The lowest BCUT2D eigenvalue weighted by molar-refractivity contribution is -0.137. The van der Waals surface area contributed by atoms with E-state index in [9.17, 15) is 9.59 Å². The van der Waals surface area contributed by atoms with Crippen LogP contribution in [-0.4, -0.2) is 46.4 Å². The zero-order valence-electron chi connectivity index (χ0n) is 20.4. The molecule has 1 aliphatic rings. The van der Waals surface area contributed by atoms with Crippen molar-refractivity contribution in [2.24, 2.45) is 0 Å². The van der Waals surface area contributed by atoms with Gasteiger partial charge in [0.25, 0.3) is 0 Å². The molecule has 1 atom stereocenters. The van der Waals surface area contributed by atoms with Crippen LogP contribution in [0.15, 0.2) is 28.8 Å². The van der Waals surface area contributed by atoms with Crippen LogP contribution in [0.3, 0.4) is 0 Å². The number of nitrogens with zero attached hydrogens (tertiary/aromatic N) is 2. The third-order valence-corrected chi connectivity index (χ3v) is 6.53. The van der Waals surface area contributed by atoms with Gasteiger partial charge >= 0.3 is 12.1 Å². The Bertz CT molecular complexity index is 933. The SMILES string of the molecule is CC[C@@H](CCCCC(=O)O)Oc1ccc(-c2onc(C)c2COC(=O)N(C)C2CCCC2)cc1. The first kappa shape index (κ1) is 25.6. The lowest BCUT2D eigenvalue weighted by Crippen LogP contribution is -2.35. The number of aromatic nitrogens is 1. The van der Waals surface area contributed by atoms with Gasteiger partial charge in [-0.3, -0.25) is 4.79 Å². The van der Waals surface area contributed by atoms with Crippen molar-refractivity contribution in [2.45, 2.75) is 90.4 Å². The second-order valence-electron chi connectivity index (χ2n) is 8.99. The van der Waals surface area contributed by atoms with E-state index in [0.717, 1.165) is 61.8 Å². The van der Waals surface area contributed by atoms with Crippen molar-refractivity contribution in [1.82, 2.24) is 10.1 Å². The molecule has 8 nitrogen and oxygen atoms in total. The molecule has 8 heteroatoms. The van der Waals surface area contributed by atoms with E-state index in [0.29, 0.717) is 17.9 Å². The molecular formula is C26H36N2O6. The third-order valence-electron chi connectivity index (χ3n) is 6.53. The maximum absolute atomic E-state index is 12.5. The summed E-state index contributed by atoms with van der Waals surface area (Å²) < 4.78 is 17.2. The molecule has 1 heterocycles. The molecule has 1 aromatic carbocycles. The van der Waals surface area contributed by atoms with Crippen molar-refractivity contribution >= 4 is 12.1 Å². The maximum Gasteiger partial charge on any atom is 0.410 e. The smallest absolute Gasteiger partial charge is 0.410 e. The van der Waals surface area contributed by atoms with Gasteiger partial charge in [0.05, 0.1) is 17.4 Å². The Balaban J connectivity index is 1.58. The zero-order valence-corrected chi connectivity index (χ0v) is 20.4. The van der Waals surface area contributed by atoms with E-state index >= 15 is 0 Å². The summed E-state index contributed by atoms with van der Waals surface area (Å²) in [5.41, 5.74) is 2.28. The average molecular weight is 473 g/mol. The summed E-state index contributed by atoms with van der Waals surface area (Å²) in [6.07, 6.45) is 7.41. The first-order valence-corrected chi connectivity index (χ1v) is 12.2. The Kier molecular flexibility index (Phi) is 9.36. The standard InChI is InChI=1S/C26H36N2O6/c1-4-21(11-7-8-12-24(29)30)33-22-15-13-19(14-16-22)25-23(18(2)27-34-25)17-32-26(31)28(3)20-9-5-6-10-20/h13-16,20-21H,4-12,17H2,1-3H3,(H,29,30)/t21-/m0/s1. The van der Waals surface area contributed by atoms with Crippen molar-refractivity contribution in [2.75, 3.05) is 7.05 Å². The zero-order chi connectivity index (χ0) is 24.5. The highest BCUT2D eigenvalue weighted by Crippen LogP contribution is 2.30. The number of hydrogen-bond acceptors (Lipinski definition) is 6. The summed E-state index contributed by atoms with van der Waals surface area (Å²) in [7, 11) is 1.80. The number of hydrogen-bond donors (Lipinski definition) is 1. The van der Waals surface area contributed by atoms with Crippen molar-refractivity contribution in [1.29, 1.82) is 0 Å². The Morgan fingerprint density at radius 3 is 2.56 bits per heavy atom. The molecule has 1 fully saturated rings. The first-order valence-electron chi connectivity index (χ1n) is 12.2. The minimum atomic E-state index is -0.762. The van der Waals surface area contributed by atoms with Gasteiger partial charge in [-0.1, -0.05) is 24.9 Å². The van der Waals surface area contributed by atoms with Gasteiger partial charge in [0.1, 0.15) is 12.4 Å². The lowest BCUT2D eigenvalue weighted by Gasteiger charge is -2.23. The molecule has 0 saturated heterocycles. The van der Waals surface area contributed by atoms with E-state index in [1.165, 1.54) is 0 Å². The molecule has 34 heavy (non-hydrogen) atoms. The average Bonchev–Trinajstić information content (AvgIpc) is 3.49. The molecule has 1 N–H and O–H groups in total. The maximum atomic E-state index is 12.5. The van der Waals surface area contributed by atoms with Crippen LogP contribution in [0.5, 0.6) is 5.75 Å². The van der Waals surface area contributed by atoms with Gasteiger partial charge < -0.3 is 24.0 Å². The molecule has 186 valence electrons.